The van der Waals surface area contributed by atoms with Crippen molar-refractivity contribution >= 4 is 26.8 Å². The Morgan fingerprint density at radius 2 is 2.15 bits per heavy atom. The third-order valence-corrected chi connectivity index (χ3v) is 3.72. The highest BCUT2D eigenvalue weighted by molar-refractivity contribution is 9.10. The SMILES string of the molecule is COCCn1cc(-c2cnn(C)c2)c2cc(Br)ncc21. The van der Waals surface area contributed by atoms with Crippen molar-refractivity contribution < 1.29 is 4.74 Å². The van der Waals surface area contributed by atoms with Gasteiger partial charge in [-0.05, 0) is 22.0 Å². The molecule has 0 aliphatic rings. The summed E-state index contributed by atoms with van der Waals surface area (Å²) in [5, 5.41) is 5.41. The van der Waals surface area contributed by atoms with Gasteiger partial charge in [0.2, 0.25) is 0 Å². The van der Waals surface area contributed by atoms with Gasteiger partial charge in [0.25, 0.3) is 0 Å². The molecule has 0 atom stereocenters. The molecule has 0 saturated heterocycles. The minimum atomic E-state index is 0.673. The summed E-state index contributed by atoms with van der Waals surface area (Å²) in [6, 6.07) is 2.04. The van der Waals surface area contributed by atoms with Gasteiger partial charge in [0.05, 0.1) is 24.5 Å². The van der Waals surface area contributed by atoms with Gasteiger partial charge in [-0.1, -0.05) is 0 Å². The predicted octanol–water partition coefficient (Wildman–Crippen LogP) is 2.85. The molecular formula is C14H15BrN4O. The third kappa shape index (κ3) is 2.36. The molecule has 0 N–H and O–H groups in total. The highest BCUT2D eigenvalue weighted by Gasteiger charge is 2.12. The first-order valence-corrected chi connectivity index (χ1v) is 7.10. The number of ether oxygens (including phenoxy) is 1. The van der Waals surface area contributed by atoms with Crippen LogP contribution < -0.4 is 0 Å². The number of aromatic nitrogens is 4. The maximum Gasteiger partial charge on any atom is 0.106 e. The van der Waals surface area contributed by atoms with E-state index < -0.39 is 0 Å². The van der Waals surface area contributed by atoms with Gasteiger partial charge < -0.3 is 9.30 Å². The first-order valence-electron chi connectivity index (χ1n) is 6.31. The normalized spacial score (nSPS) is 11.3. The monoisotopic (exact) mass is 334 g/mol. The molecule has 0 bridgehead atoms. The van der Waals surface area contributed by atoms with Crippen molar-refractivity contribution in [2.75, 3.05) is 13.7 Å². The van der Waals surface area contributed by atoms with Crippen LogP contribution in [-0.4, -0.2) is 33.0 Å². The molecule has 5 nitrogen and oxygen atoms in total. The lowest BCUT2D eigenvalue weighted by Crippen LogP contribution is -2.02. The minimum absolute atomic E-state index is 0.673. The molecule has 0 fully saturated rings. The second-order valence-corrected chi connectivity index (χ2v) is 5.47. The number of hydrogen-bond acceptors (Lipinski definition) is 3. The van der Waals surface area contributed by atoms with Gasteiger partial charge in [-0.3, -0.25) is 4.68 Å². The van der Waals surface area contributed by atoms with E-state index in [4.69, 9.17) is 4.74 Å². The van der Waals surface area contributed by atoms with Gasteiger partial charge >= 0.3 is 0 Å². The summed E-state index contributed by atoms with van der Waals surface area (Å²) in [6.45, 7) is 1.48. The predicted molar refractivity (Wildman–Crippen MR) is 81.5 cm³/mol. The summed E-state index contributed by atoms with van der Waals surface area (Å²) in [5.41, 5.74) is 3.36. The van der Waals surface area contributed by atoms with Crippen molar-refractivity contribution in [2.45, 2.75) is 6.54 Å². The van der Waals surface area contributed by atoms with Crippen molar-refractivity contribution in [2.24, 2.45) is 7.05 Å². The number of nitrogens with zero attached hydrogens (tertiary/aromatic N) is 4. The molecule has 104 valence electrons. The summed E-state index contributed by atoms with van der Waals surface area (Å²) >= 11 is 3.44. The van der Waals surface area contributed by atoms with Crippen LogP contribution in [-0.2, 0) is 18.3 Å². The van der Waals surface area contributed by atoms with Crippen molar-refractivity contribution in [1.82, 2.24) is 19.3 Å². The van der Waals surface area contributed by atoms with Crippen molar-refractivity contribution in [3.63, 3.8) is 0 Å². The van der Waals surface area contributed by atoms with Crippen LogP contribution in [0.15, 0.2) is 35.5 Å². The molecule has 3 aromatic heterocycles. The standard InChI is InChI=1S/C14H15BrN4O/c1-18-8-10(6-17-18)12-9-19(3-4-20-2)13-7-16-14(15)5-11(12)13/h5-9H,3-4H2,1-2H3. The maximum absolute atomic E-state index is 5.17. The van der Waals surface area contributed by atoms with Gasteiger partial charge in [0.15, 0.2) is 0 Å². The van der Waals surface area contributed by atoms with Gasteiger partial charge in [-0.25, -0.2) is 4.98 Å². The van der Waals surface area contributed by atoms with Crippen LogP contribution in [0.4, 0.5) is 0 Å². The van der Waals surface area contributed by atoms with Gasteiger partial charge in [-0.15, -0.1) is 0 Å². The third-order valence-electron chi connectivity index (χ3n) is 3.29. The Kier molecular flexibility index (Phi) is 3.58. The molecule has 0 aromatic carbocycles. The molecule has 0 saturated carbocycles. The van der Waals surface area contributed by atoms with E-state index in [0.717, 1.165) is 33.2 Å². The first kappa shape index (κ1) is 13.3. The van der Waals surface area contributed by atoms with Crippen LogP contribution in [0, 0.1) is 0 Å². The fraction of sp³-hybridized carbons (Fsp3) is 0.286. The highest BCUT2D eigenvalue weighted by Crippen LogP contribution is 2.31. The molecule has 0 unspecified atom stereocenters. The Labute approximate surface area is 125 Å². The van der Waals surface area contributed by atoms with E-state index in [1.165, 1.54) is 0 Å². The fourth-order valence-electron chi connectivity index (χ4n) is 2.33. The van der Waals surface area contributed by atoms with Crippen molar-refractivity contribution in [3.8, 4) is 11.1 Å². The molecule has 6 heteroatoms. The van der Waals surface area contributed by atoms with Crippen LogP contribution >= 0.6 is 15.9 Å². The topological polar surface area (TPSA) is 44.9 Å². The van der Waals surface area contributed by atoms with E-state index in [1.807, 2.05) is 36.4 Å². The van der Waals surface area contributed by atoms with E-state index in [9.17, 15) is 0 Å². The van der Waals surface area contributed by atoms with Crippen LogP contribution in [0.5, 0.6) is 0 Å². The lowest BCUT2D eigenvalue weighted by molar-refractivity contribution is 0.188. The Morgan fingerprint density at radius 3 is 2.85 bits per heavy atom. The number of rotatable bonds is 4. The lowest BCUT2D eigenvalue weighted by Gasteiger charge is -2.03. The number of hydrogen-bond donors (Lipinski definition) is 0. The van der Waals surface area contributed by atoms with E-state index in [0.29, 0.717) is 6.61 Å². The van der Waals surface area contributed by atoms with Gasteiger partial charge in [0, 0.05) is 49.6 Å². The van der Waals surface area contributed by atoms with E-state index in [2.05, 4.69) is 36.8 Å². The Balaban J connectivity index is 2.17. The van der Waals surface area contributed by atoms with Crippen LogP contribution in [0.1, 0.15) is 0 Å². The molecule has 3 heterocycles. The molecular weight excluding hydrogens is 320 g/mol. The van der Waals surface area contributed by atoms with Crippen LogP contribution in [0.3, 0.4) is 0 Å². The summed E-state index contributed by atoms with van der Waals surface area (Å²) in [6.07, 6.45) is 7.91. The summed E-state index contributed by atoms with van der Waals surface area (Å²) in [4.78, 5) is 4.32. The lowest BCUT2D eigenvalue weighted by atomic mass is 10.1. The largest absolute Gasteiger partial charge is 0.383 e. The average molecular weight is 335 g/mol. The fourth-order valence-corrected chi connectivity index (χ4v) is 2.66. The second-order valence-electron chi connectivity index (χ2n) is 4.66. The number of aryl methyl sites for hydroxylation is 1. The molecule has 3 rings (SSSR count). The van der Waals surface area contributed by atoms with E-state index in [-0.39, 0.29) is 0 Å². The average Bonchev–Trinajstić information content (AvgIpc) is 3.00. The molecule has 3 aromatic rings. The molecule has 0 aliphatic heterocycles. The summed E-state index contributed by atoms with van der Waals surface area (Å²) < 4.78 is 9.98. The number of methoxy groups -OCH3 is 1. The first-order chi connectivity index (χ1) is 9.69. The zero-order valence-corrected chi connectivity index (χ0v) is 13.0. The Hall–Kier alpha value is -1.66. The maximum atomic E-state index is 5.17. The van der Waals surface area contributed by atoms with Crippen LogP contribution in [0.2, 0.25) is 0 Å². The Bertz CT molecular complexity index is 747. The van der Waals surface area contributed by atoms with Crippen molar-refractivity contribution in [1.29, 1.82) is 0 Å². The minimum Gasteiger partial charge on any atom is -0.383 e. The molecule has 0 aliphatic carbocycles. The number of fused-ring (bicyclic) bond motifs is 1. The zero-order chi connectivity index (χ0) is 14.1. The molecule has 0 amide bonds. The number of halogens is 1. The number of pyridine rings is 1. The van der Waals surface area contributed by atoms with Gasteiger partial charge in [0.1, 0.15) is 4.60 Å². The molecule has 0 spiro atoms. The van der Waals surface area contributed by atoms with E-state index >= 15 is 0 Å². The van der Waals surface area contributed by atoms with Gasteiger partial charge in [-0.2, -0.15) is 5.10 Å². The van der Waals surface area contributed by atoms with E-state index in [1.54, 1.807) is 7.11 Å². The quantitative estimate of drug-likeness (QED) is 0.689. The Morgan fingerprint density at radius 1 is 1.30 bits per heavy atom. The molecule has 20 heavy (non-hydrogen) atoms. The second kappa shape index (κ2) is 5.38. The zero-order valence-electron chi connectivity index (χ0n) is 11.4. The smallest absolute Gasteiger partial charge is 0.106 e. The summed E-state index contributed by atoms with van der Waals surface area (Å²) in [5.74, 6) is 0. The van der Waals surface area contributed by atoms with Crippen LogP contribution in [0.25, 0.3) is 22.0 Å². The highest BCUT2D eigenvalue weighted by atomic mass is 79.9. The summed E-state index contributed by atoms with van der Waals surface area (Å²) in [7, 11) is 3.63. The molecule has 0 radical (unpaired) electrons. The van der Waals surface area contributed by atoms with Crippen molar-refractivity contribution in [3.05, 3.63) is 35.5 Å².